The topological polar surface area (TPSA) is 44.5 Å². The number of methoxy groups -OCH3 is 1. The molecule has 0 aliphatic heterocycles. The predicted molar refractivity (Wildman–Crippen MR) is 75.7 cm³/mol. The minimum atomic E-state index is -0.519. The third-order valence-electron chi connectivity index (χ3n) is 2.57. The molecule has 0 saturated carbocycles. The number of rotatable bonds is 4. The molecule has 5 heteroatoms. The van der Waals surface area contributed by atoms with Gasteiger partial charge in [-0.1, -0.05) is 12.1 Å². The van der Waals surface area contributed by atoms with Crippen molar-refractivity contribution in [2.75, 3.05) is 19.1 Å². The molecule has 0 bridgehead atoms. The Morgan fingerprint density at radius 1 is 1.11 bits per heavy atom. The van der Waals surface area contributed by atoms with Crippen molar-refractivity contribution in [1.82, 2.24) is 0 Å². The van der Waals surface area contributed by atoms with Gasteiger partial charge in [0.15, 0.2) is 11.6 Å². The maximum Gasteiger partial charge on any atom is 0.168 e. The van der Waals surface area contributed by atoms with Gasteiger partial charge in [-0.05, 0) is 18.4 Å². The number of ether oxygens (including phenoxy) is 2. The summed E-state index contributed by atoms with van der Waals surface area (Å²) in [5, 5.41) is 0. The number of benzene rings is 2. The Hall–Kier alpha value is -1.88. The van der Waals surface area contributed by atoms with Crippen LogP contribution < -0.4 is 15.2 Å². The maximum absolute atomic E-state index is 13.8. The minimum absolute atomic E-state index is 0.0903. The lowest BCUT2D eigenvalue weighted by molar-refractivity contribution is 0.400. The van der Waals surface area contributed by atoms with E-state index in [1.807, 2.05) is 24.5 Å². The van der Waals surface area contributed by atoms with Gasteiger partial charge in [-0.2, -0.15) is 0 Å². The summed E-state index contributed by atoms with van der Waals surface area (Å²) < 4.78 is 24.5. The third-order valence-corrected chi connectivity index (χ3v) is 3.35. The second kappa shape index (κ2) is 5.84. The van der Waals surface area contributed by atoms with Gasteiger partial charge in [-0.3, -0.25) is 0 Å². The van der Waals surface area contributed by atoms with Crippen LogP contribution in [-0.2, 0) is 0 Å². The molecule has 0 unspecified atom stereocenters. The molecular weight excluding hydrogens is 265 g/mol. The van der Waals surface area contributed by atoms with Gasteiger partial charge in [-0.15, -0.1) is 11.8 Å². The molecule has 0 radical (unpaired) electrons. The number of halogens is 1. The number of para-hydroxylation sites is 1. The second-order valence-electron chi connectivity index (χ2n) is 3.78. The van der Waals surface area contributed by atoms with Crippen molar-refractivity contribution in [2.24, 2.45) is 0 Å². The molecule has 0 aliphatic rings. The summed E-state index contributed by atoms with van der Waals surface area (Å²) in [7, 11) is 1.48. The standard InChI is InChI=1S/C14H14FNO2S/c1-17-13-8-12(9(15)7-10(13)16)18-11-5-3-4-6-14(11)19-2/h3-8H,16H2,1-2H3. The van der Waals surface area contributed by atoms with Crippen molar-refractivity contribution in [3.8, 4) is 17.2 Å². The second-order valence-corrected chi connectivity index (χ2v) is 4.63. The van der Waals surface area contributed by atoms with Crippen LogP contribution in [0.2, 0.25) is 0 Å². The molecule has 0 spiro atoms. The van der Waals surface area contributed by atoms with Crippen LogP contribution in [0.25, 0.3) is 0 Å². The number of anilines is 1. The predicted octanol–water partition coefficient (Wildman–Crippen LogP) is 3.93. The molecule has 0 atom stereocenters. The normalized spacial score (nSPS) is 10.3. The van der Waals surface area contributed by atoms with E-state index < -0.39 is 5.82 Å². The molecule has 0 aromatic heterocycles. The van der Waals surface area contributed by atoms with Crippen molar-refractivity contribution in [3.63, 3.8) is 0 Å². The monoisotopic (exact) mass is 279 g/mol. The van der Waals surface area contributed by atoms with Crippen LogP contribution in [0.15, 0.2) is 41.3 Å². The summed E-state index contributed by atoms with van der Waals surface area (Å²) in [5.41, 5.74) is 5.87. The van der Waals surface area contributed by atoms with Gasteiger partial charge in [0.2, 0.25) is 0 Å². The van der Waals surface area contributed by atoms with Gasteiger partial charge < -0.3 is 15.2 Å². The van der Waals surface area contributed by atoms with Gasteiger partial charge >= 0.3 is 0 Å². The SMILES string of the molecule is COc1cc(Oc2ccccc2SC)c(F)cc1N. The molecule has 19 heavy (non-hydrogen) atoms. The lowest BCUT2D eigenvalue weighted by atomic mass is 10.2. The van der Waals surface area contributed by atoms with Crippen LogP contribution in [0, 0.1) is 5.82 Å². The van der Waals surface area contributed by atoms with Crippen molar-refractivity contribution in [3.05, 3.63) is 42.2 Å². The minimum Gasteiger partial charge on any atom is -0.494 e. The highest BCUT2D eigenvalue weighted by molar-refractivity contribution is 7.98. The zero-order chi connectivity index (χ0) is 13.8. The van der Waals surface area contributed by atoms with Crippen molar-refractivity contribution in [1.29, 1.82) is 0 Å². The fraction of sp³-hybridized carbons (Fsp3) is 0.143. The Morgan fingerprint density at radius 2 is 1.84 bits per heavy atom. The largest absolute Gasteiger partial charge is 0.494 e. The Balaban J connectivity index is 2.38. The third kappa shape index (κ3) is 2.93. The van der Waals surface area contributed by atoms with E-state index >= 15 is 0 Å². The van der Waals surface area contributed by atoms with E-state index in [0.29, 0.717) is 11.5 Å². The summed E-state index contributed by atoms with van der Waals surface area (Å²) in [6.07, 6.45) is 1.93. The first kappa shape index (κ1) is 13.5. The zero-order valence-corrected chi connectivity index (χ0v) is 11.5. The number of nitrogens with two attached hydrogens (primary N) is 1. The highest BCUT2D eigenvalue weighted by Crippen LogP contribution is 2.36. The summed E-state index contributed by atoms with van der Waals surface area (Å²) >= 11 is 1.53. The van der Waals surface area contributed by atoms with Crippen LogP contribution in [0.4, 0.5) is 10.1 Å². The number of hydrogen-bond donors (Lipinski definition) is 1. The molecule has 2 rings (SSSR count). The molecule has 0 amide bonds. The highest BCUT2D eigenvalue weighted by Gasteiger charge is 2.12. The van der Waals surface area contributed by atoms with Gasteiger partial charge in [0, 0.05) is 17.0 Å². The van der Waals surface area contributed by atoms with Gasteiger partial charge in [-0.25, -0.2) is 4.39 Å². The van der Waals surface area contributed by atoms with E-state index in [9.17, 15) is 4.39 Å². The van der Waals surface area contributed by atoms with E-state index in [4.69, 9.17) is 15.2 Å². The summed E-state index contributed by atoms with van der Waals surface area (Å²) in [5.74, 6) is 0.556. The average molecular weight is 279 g/mol. The Morgan fingerprint density at radius 3 is 2.53 bits per heavy atom. The van der Waals surface area contributed by atoms with Crippen molar-refractivity contribution >= 4 is 17.4 Å². The summed E-state index contributed by atoms with van der Waals surface area (Å²) in [6, 6.07) is 10.1. The first-order chi connectivity index (χ1) is 9.15. The lowest BCUT2D eigenvalue weighted by Crippen LogP contribution is -1.96. The molecule has 100 valence electrons. The van der Waals surface area contributed by atoms with E-state index in [1.54, 1.807) is 6.07 Å². The van der Waals surface area contributed by atoms with Gasteiger partial charge in [0.1, 0.15) is 11.5 Å². The van der Waals surface area contributed by atoms with E-state index in [2.05, 4.69) is 0 Å². The molecular formula is C14H14FNO2S. The van der Waals surface area contributed by atoms with Gasteiger partial charge in [0.05, 0.1) is 12.8 Å². The Bertz CT molecular complexity index is 590. The maximum atomic E-state index is 13.8. The van der Waals surface area contributed by atoms with E-state index in [1.165, 1.54) is 31.0 Å². The van der Waals surface area contributed by atoms with Gasteiger partial charge in [0.25, 0.3) is 0 Å². The first-order valence-electron chi connectivity index (χ1n) is 5.59. The Kier molecular flexibility index (Phi) is 4.16. The molecule has 0 aliphatic carbocycles. The average Bonchev–Trinajstić information content (AvgIpc) is 2.42. The van der Waals surface area contributed by atoms with E-state index in [0.717, 1.165) is 4.90 Å². The Labute approximate surface area is 115 Å². The number of hydrogen-bond acceptors (Lipinski definition) is 4. The van der Waals surface area contributed by atoms with Crippen molar-refractivity contribution in [2.45, 2.75) is 4.90 Å². The smallest absolute Gasteiger partial charge is 0.168 e. The molecule has 3 nitrogen and oxygen atoms in total. The first-order valence-corrected chi connectivity index (χ1v) is 6.82. The quantitative estimate of drug-likeness (QED) is 0.680. The number of nitrogen functional groups attached to an aromatic ring is 1. The van der Waals surface area contributed by atoms with Crippen molar-refractivity contribution < 1.29 is 13.9 Å². The molecule has 2 aromatic carbocycles. The fourth-order valence-corrected chi connectivity index (χ4v) is 2.15. The highest BCUT2D eigenvalue weighted by atomic mass is 32.2. The molecule has 2 N–H and O–H groups in total. The van der Waals surface area contributed by atoms with Crippen LogP contribution in [0.1, 0.15) is 0 Å². The molecule has 0 heterocycles. The van der Waals surface area contributed by atoms with E-state index in [-0.39, 0.29) is 11.4 Å². The van der Waals surface area contributed by atoms with Crippen LogP contribution >= 0.6 is 11.8 Å². The van der Waals surface area contributed by atoms with Crippen LogP contribution in [0.3, 0.4) is 0 Å². The zero-order valence-electron chi connectivity index (χ0n) is 10.6. The summed E-state index contributed by atoms with van der Waals surface area (Å²) in [4.78, 5) is 0.928. The fourth-order valence-electron chi connectivity index (χ4n) is 1.63. The molecule has 2 aromatic rings. The summed E-state index contributed by atoms with van der Waals surface area (Å²) in [6.45, 7) is 0. The molecule has 0 saturated heterocycles. The lowest BCUT2D eigenvalue weighted by Gasteiger charge is -2.12. The molecule has 0 fully saturated rings. The van der Waals surface area contributed by atoms with Crippen LogP contribution in [-0.4, -0.2) is 13.4 Å². The number of thioether (sulfide) groups is 1. The van der Waals surface area contributed by atoms with Crippen LogP contribution in [0.5, 0.6) is 17.2 Å².